The summed E-state index contributed by atoms with van der Waals surface area (Å²) < 4.78 is 5.12. The van der Waals surface area contributed by atoms with Crippen molar-refractivity contribution in [2.45, 2.75) is 12.8 Å². The van der Waals surface area contributed by atoms with Crippen molar-refractivity contribution in [1.82, 2.24) is 0 Å². The van der Waals surface area contributed by atoms with Gasteiger partial charge >= 0.3 is 0 Å². The second-order valence-electron chi connectivity index (χ2n) is 5.30. The van der Waals surface area contributed by atoms with E-state index in [1.165, 1.54) is 7.11 Å². The van der Waals surface area contributed by atoms with E-state index in [9.17, 15) is 9.59 Å². The van der Waals surface area contributed by atoms with Gasteiger partial charge in [0.15, 0.2) is 11.5 Å². The van der Waals surface area contributed by atoms with Crippen LogP contribution >= 0.6 is 0 Å². The first-order chi connectivity index (χ1) is 9.15. The minimum Gasteiger partial charge on any atom is -0.493 e. The third-order valence-corrected chi connectivity index (χ3v) is 4.39. The highest BCUT2D eigenvalue weighted by Crippen LogP contribution is 2.49. The van der Waals surface area contributed by atoms with Crippen molar-refractivity contribution in [1.29, 1.82) is 0 Å². The Hall–Kier alpha value is -1.90. The van der Waals surface area contributed by atoms with E-state index in [0.29, 0.717) is 5.76 Å². The number of carbonyl (C=O) groups is 2. The molecule has 0 amide bonds. The monoisotopic (exact) mass is 256 g/mol. The Labute approximate surface area is 112 Å². The fraction of sp³-hybridized carbons (Fsp3) is 0.375. The van der Waals surface area contributed by atoms with E-state index < -0.39 is 5.92 Å². The molecule has 3 heteroatoms. The Morgan fingerprint density at radius 1 is 1.11 bits per heavy atom. The zero-order chi connectivity index (χ0) is 13.6. The number of rotatable bonds is 2. The fourth-order valence-corrected chi connectivity index (χ4v) is 3.43. The van der Waals surface area contributed by atoms with Crippen LogP contribution in [0.25, 0.3) is 0 Å². The van der Waals surface area contributed by atoms with Crippen LogP contribution in [0.1, 0.15) is 18.4 Å². The molecule has 3 nitrogen and oxygen atoms in total. The minimum absolute atomic E-state index is 0.0323. The minimum atomic E-state index is -0.567. The molecule has 1 aromatic carbocycles. The molecule has 0 radical (unpaired) electrons. The van der Waals surface area contributed by atoms with E-state index >= 15 is 0 Å². The molecule has 98 valence electrons. The number of benzene rings is 1. The molecule has 0 saturated heterocycles. The van der Waals surface area contributed by atoms with Gasteiger partial charge in [0.25, 0.3) is 0 Å². The van der Waals surface area contributed by atoms with Gasteiger partial charge in [-0.15, -0.1) is 0 Å². The number of allylic oxidation sites excluding steroid dienone is 2. The summed E-state index contributed by atoms with van der Waals surface area (Å²) in [6.45, 7) is 2.04. The van der Waals surface area contributed by atoms with Crippen molar-refractivity contribution >= 4 is 11.6 Å². The normalized spacial score (nSPS) is 33.3. The van der Waals surface area contributed by atoms with Crippen molar-refractivity contribution < 1.29 is 14.3 Å². The Bertz CT molecular complexity index is 559. The van der Waals surface area contributed by atoms with Crippen molar-refractivity contribution in [2.24, 2.45) is 17.8 Å². The Kier molecular flexibility index (Phi) is 2.77. The van der Waals surface area contributed by atoms with E-state index in [1.54, 1.807) is 6.08 Å². The van der Waals surface area contributed by atoms with Gasteiger partial charge in [-0.25, -0.2) is 0 Å². The molecule has 1 aromatic rings. The van der Waals surface area contributed by atoms with Gasteiger partial charge < -0.3 is 4.74 Å². The molecule has 0 N–H and O–H groups in total. The highest BCUT2D eigenvalue weighted by molar-refractivity contribution is 6.15. The summed E-state index contributed by atoms with van der Waals surface area (Å²) in [6.07, 6.45) is 1.70. The number of hydrogen-bond acceptors (Lipinski definition) is 3. The number of hydrogen-bond donors (Lipinski definition) is 0. The molecule has 0 spiro atoms. The smallest absolute Gasteiger partial charge is 0.208 e. The Balaban J connectivity index is 2.07. The van der Waals surface area contributed by atoms with Gasteiger partial charge in [-0.2, -0.15) is 0 Å². The molecule has 2 aliphatic rings. The predicted octanol–water partition coefficient (Wildman–Crippen LogP) is 2.33. The van der Waals surface area contributed by atoms with Crippen LogP contribution in [0.4, 0.5) is 0 Å². The summed E-state index contributed by atoms with van der Waals surface area (Å²) >= 11 is 0. The summed E-state index contributed by atoms with van der Waals surface area (Å²) in [5, 5.41) is 0. The van der Waals surface area contributed by atoms with Crippen LogP contribution in [0.5, 0.6) is 0 Å². The summed E-state index contributed by atoms with van der Waals surface area (Å²) in [6, 6.07) is 9.83. The molecule has 3 rings (SSSR count). The van der Waals surface area contributed by atoms with Gasteiger partial charge in [0.2, 0.25) is 5.78 Å². The van der Waals surface area contributed by atoms with Crippen molar-refractivity contribution in [3.8, 4) is 0 Å². The average Bonchev–Trinajstić information content (AvgIpc) is 2.60. The van der Waals surface area contributed by atoms with Gasteiger partial charge in [-0.05, 0) is 17.6 Å². The van der Waals surface area contributed by atoms with Crippen molar-refractivity contribution in [2.75, 3.05) is 7.11 Å². The van der Waals surface area contributed by atoms with Crippen molar-refractivity contribution in [3.63, 3.8) is 0 Å². The van der Waals surface area contributed by atoms with Crippen LogP contribution in [0.2, 0.25) is 0 Å². The number of methoxy groups -OCH3 is 1. The lowest BCUT2D eigenvalue weighted by molar-refractivity contribution is -0.133. The summed E-state index contributed by atoms with van der Waals surface area (Å²) in [4.78, 5) is 24.7. The molecule has 0 aliphatic heterocycles. The molecule has 1 fully saturated rings. The molecule has 19 heavy (non-hydrogen) atoms. The van der Waals surface area contributed by atoms with E-state index in [4.69, 9.17) is 4.74 Å². The van der Waals surface area contributed by atoms with Crippen LogP contribution in [-0.4, -0.2) is 18.7 Å². The van der Waals surface area contributed by atoms with Crippen LogP contribution in [0.15, 0.2) is 42.2 Å². The lowest BCUT2D eigenvalue weighted by atomic mass is 9.82. The number of fused-ring (bicyclic) bond motifs is 2. The van der Waals surface area contributed by atoms with Gasteiger partial charge in [0.1, 0.15) is 0 Å². The number of ether oxygens (including phenoxy) is 1. The standard InChI is InChI=1S/C16H16O3/c1-9-11-8-12(19-2)16(18)14(15(11)17)13(9)10-6-4-3-5-7-10/h3-9,11,13-14H,1-2H3/t9-,11-,13-,14+/m0/s1. The maximum Gasteiger partial charge on any atom is 0.208 e. The molecule has 0 unspecified atom stereocenters. The molecule has 0 aromatic heterocycles. The topological polar surface area (TPSA) is 43.4 Å². The molecule has 0 heterocycles. The van der Waals surface area contributed by atoms with Crippen LogP contribution in [-0.2, 0) is 14.3 Å². The maximum atomic E-state index is 12.3. The van der Waals surface area contributed by atoms with Crippen molar-refractivity contribution in [3.05, 3.63) is 47.7 Å². The lowest BCUT2D eigenvalue weighted by Gasteiger charge is -2.20. The highest BCUT2D eigenvalue weighted by atomic mass is 16.5. The number of carbonyl (C=O) groups excluding carboxylic acids is 2. The SMILES string of the molecule is COC1=C[C@@H]2C(=O)[C@H](C1=O)[C@H](c1ccccc1)[C@H]2C. The van der Waals surface area contributed by atoms with Crippen LogP contribution in [0, 0.1) is 17.8 Å². The Morgan fingerprint density at radius 2 is 1.79 bits per heavy atom. The van der Waals surface area contributed by atoms with Gasteiger partial charge in [-0.1, -0.05) is 37.3 Å². The molecular weight excluding hydrogens is 240 g/mol. The van der Waals surface area contributed by atoms with E-state index in [0.717, 1.165) is 5.56 Å². The Morgan fingerprint density at radius 3 is 2.42 bits per heavy atom. The molecule has 2 bridgehead atoms. The number of ketones is 2. The molecule has 4 atom stereocenters. The first-order valence-electron chi connectivity index (χ1n) is 6.54. The fourth-order valence-electron chi connectivity index (χ4n) is 3.43. The van der Waals surface area contributed by atoms with E-state index in [2.05, 4.69) is 0 Å². The number of Topliss-reactive ketones (excluding diaryl/α,β-unsaturated/α-hetero) is 2. The zero-order valence-corrected chi connectivity index (χ0v) is 11.0. The second-order valence-corrected chi connectivity index (χ2v) is 5.30. The maximum absolute atomic E-state index is 12.3. The van der Waals surface area contributed by atoms with Crippen LogP contribution in [0.3, 0.4) is 0 Å². The first kappa shape index (κ1) is 12.2. The summed E-state index contributed by atoms with van der Waals surface area (Å²) in [5.74, 6) is -0.425. The lowest BCUT2D eigenvalue weighted by Crippen LogP contribution is -2.30. The van der Waals surface area contributed by atoms with Gasteiger partial charge in [0.05, 0.1) is 13.0 Å². The molecule has 1 saturated carbocycles. The summed E-state index contributed by atoms with van der Waals surface area (Å²) in [7, 11) is 1.49. The predicted molar refractivity (Wildman–Crippen MR) is 70.4 cm³/mol. The third kappa shape index (κ3) is 1.65. The third-order valence-electron chi connectivity index (χ3n) is 4.39. The average molecular weight is 256 g/mol. The van der Waals surface area contributed by atoms with E-state index in [1.807, 2.05) is 37.3 Å². The summed E-state index contributed by atoms with van der Waals surface area (Å²) in [5.41, 5.74) is 1.06. The largest absolute Gasteiger partial charge is 0.493 e. The first-order valence-corrected chi connectivity index (χ1v) is 6.54. The molecular formula is C16H16O3. The van der Waals surface area contributed by atoms with Crippen LogP contribution < -0.4 is 0 Å². The zero-order valence-electron chi connectivity index (χ0n) is 11.0. The second kappa shape index (κ2) is 4.34. The van der Waals surface area contributed by atoms with Gasteiger partial charge in [0, 0.05) is 11.8 Å². The quantitative estimate of drug-likeness (QED) is 0.763. The van der Waals surface area contributed by atoms with E-state index in [-0.39, 0.29) is 29.3 Å². The van der Waals surface area contributed by atoms with Gasteiger partial charge in [-0.3, -0.25) is 9.59 Å². The molecule has 2 aliphatic carbocycles. The highest BCUT2D eigenvalue weighted by Gasteiger charge is 2.54.